The van der Waals surface area contributed by atoms with Crippen molar-refractivity contribution >= 4 is 27.5 Å². The maximum Gasteiger partial charge on any atom is 0.338 e. The number of rotatable bonds is 5. The molecule has 0 saturated carbocycles. The number of hydrogen-bond donors (Lipinski definition) is 2. The Morgan fingerprint density at radius 1 is 1.09 bits per heavy atom. The summed E-state index contributed by atoms with van der Waals surface area (Å²) in [5.41, 5.74) is 9.31. The van der Waals surface area contributed by atoms with Gasteiger partial charge < -0.3 is 10.5 Å². The number of allylic oxidation sites excluding steroid dienone is 2. The third-order valence-electron chi connectivity index (χ3n) is 5.84. The monoisotopic (exact) mass is 467 g/mol. The van der Waals surface area contributed by atoms with Gasteiger partial charge in [0.15, 0.2) is 5.78 Å². The number of nitrogens with two attached hydrogens (primary N) is 2. The molecule has 0 fully saturated rings. The highest BCUT2D eigenvalue weighted by Gasteiger charge is 2.43. The molecule has 0 amide bonds. The molecule has 0 saturated heterocycles. The molecule has 0 aromatic heterocycles. The smallest absolute Gasteiger partial charge is 0.338 e. The summed E-state index contributed by atoms with van der Waals surface area (Å²) in [5.74, 6) is -1.14. The van der Waals surface area contributed by atoms with Crippen molar-refractivity contribution in [1.82, 2.24) is 0 Å². The Balaban J connectivity index is 1.96. The Morgan fingerprint density at radius 2 is 1.76 bits per heavy atom. The number of nitrogens with zero attached hydrogens (tertiary/aromatic N) is 1. The maximum atomic E-state index is 13.2. The summed E-state index contributed by atoms with van der Waals surface area (Å²) in [5, 5.41) is 5.22. The van der Waals surface area contributed by atoms with Crippen LogP contribution in [0, 0.1) is 0 Å². The number of carbonyl (C=O) groups is 2. The van der Waals surface area contributed by atoms with Gasteiger partial charge in [-0.1, -0.05) is 30.3 Å². The fourth-order valence-corrected chi connectivity index (χ4v) is 4.97. The van der Waals surface area contributed by atoms with Crippen molar-refractivity contribution < 1.29 is 22.7 Å². The first-order valence-electron chi connectivity index (χ1n) is 10.6. The quantitative estimate of drug-likeness (QED) is 0.646. The van der Waals surface area contributed by atoms with Crippen LogP contribution in [0.1, 0.15) is 37.7 Å². The number of sulfonamides is 1. The second-order valence-corrected chi connectivity index (χ2v) is 9.44. The summed E-state index contributed by atoms with van der Waals surface area (Å²) >= 11 is 0. The van der Waals surface area contributed by atoms with Crippen molar-refractivity contribution in [1.29, 1.82) is 0 Å². The highest BCUT2D eigenvalue weighted by Crippen LogP contribution is 2.46. The highest BCUT2D eigenvalue weighted by atomic mass is 32.2. The van der Waals surface area contributed by atoms with Crippen LogP contribution in [-0.2, 0) is 24.3 Å². The van der Waals surface area contributed by atoms with Crippen LogP contribution in [0.2, 0.25) is 0 Å². The summed E-state index contributed by atoms with van der Waals surface area (Å²) < 4.78 is 28.7. The summed E-state index contributed by atoms with van der Waals surface area (Å²) in [6.45, 7) is 1.86. The van der Waals surface area contributed by atoms with Gasteiger partial charge in [-0.25, -0.2) is 18.4 Å². The van der Waals surface area contributed by atoms with Crippen molar-refractivity contribution in [3.8, 4) is 0 Å². The van der Waals surface area contributed by atoms with Crippen LogP contribution >= 0.6 is 0 Å². The number of Topliss-reactive ketones (excluding diaryl/α,β-unsaturated/α-hetero) is 1. The number of esters is 1. The second kappa shape index (κ2) is 8.84. The lowest BCUT2D eigenvalue weighted by molar-refractivity contribution is -0.138. The van der Waals surface area contributed by atoms with Crippen LogP contribution in [0.25, 0.3) is 0 Å². The zero-order valence-electron chi connectivity index (χ0n) is 18.2. The molecular weight excluding hydrogens is 442 g/mol. The number of anilines is 1. The van der Waals surface area contributed by atoms with Crippen LogP contribution < -0.4 is 15.8 Å². The van der Waals surface area contributed by atoms with Gasteiger partial charge in [-0.05, 0) is 49.6 Å². The molecule has 8 nitrogen and oxygen atoms in total. The molecule has 1 atom stereocenters. The minimum absolute atomic E-state index is 0.0486. The third kappa shape index (κ3) is 4.17. The van der Waals surface area contributed by atoms with Crippen molar-refractivity contribution in [2.24, 2.45) is 10.9 Å². The molecule has 4 N–H and O–H groups in total. The van der Waals surface area contributed by atoms with Gasteiger partial charge in [0.25, 0.3) is 0 Å². The summed E-state index contributed by atoms with van der Waals surface area (Å²) in [6, 6.07) is 15.1. The van der Waals surface area contributed by atoms with Gasteiger partial charge in [0.05, 0.1) is 23.0 Å². The minimum Gasteiger partial charge on any atom is -0.463 e. The number of ketones is 1. The fraction of sp³-hybridized carbons (Fsp3) is 0.250. The van der Waals surface area contributed by atoms with Crippen LogP contribution in [0.3, 0.4) is 0 Å². The Hall–Kier alpha value is -3.43. The largest absolute Gasteiger partial charge is 0.463 e. The molecule has 0 radical (unpaired) electrons. The van der Waals surface area contributed by atoms with Crippen LogP contribution in [0.15, 0.2) is 82.2 Å². The normalized spacial score (nSPS) is 18.9. The van der Waals surface area contributed by atoms with E-state index in [1.165, 1.54) is 12.1 Å². The Bertz CT molecular complexity index is 1260. The third-order valence-corrected chi connectivity index (χ3v) is 6.77. The van der Waals surface area contributed by atoms with Crippen molar-refractivity contribution in [2.45, 2.75) is 37.0 Å². The number of benzene rings is 2. The van der Waals surface area contributed by atoms with E-state index in [4.69, 9.17) is 15.6 Å². The number of carbonyl (C=O) groups excluding carboxylic acids is 2. The average molecular weight is 468 g/mol. The molecular formula is C24H25N3O5S. The predicted molar refractivity (Wildman–Crippen MR) is 123 cm³/mol. The molecule has 172 valence electrons. The van der Waals surface area contributed by atoms with Gasteiger partial charge in [0.1, 0.15) is 5.82 Å². The average Bonchev–Trinajstić information content (AvgIpc) is 2.79. The van der Waals surface area contributed by atoms with E-state index in [1.54, 1.807) is 24.0 Å². The molecule has 4 rings (SSSR count). The van der Waals surface area contributed by atoms with Gasteiger partial charge in [-0.2, -0.15) is 0 Å². The number of primary sulfonamides is 1. The van der Waals surface area contributed by atoms with Gasteiger partial charge in [-0.15, -0.1) is 0 Å². The SMILES string of the molecule is CCOC(=O)C1=C(N)N(c2ccc(S(N)(=O)=O)cc2)C2=C(C(=O)CCC2)[C@@H]1c1ccccc1. The lowest BCUT2D eigenvalue weighted by atomic mass is 9.75. The molecule has 0 bridgehead atoms. The summed E-state index contributed by atoms with van der Waals surface area (Å²) in [7, 11) is -3.87. The van der Waals surface area contributed by atoms with E-state index in [9.17, 15) is 18.0 Å². The van der Waals surface area contributed by atoms with Crippen LogP contribution in [-0.4, -0.2) is 26.8 Å². The van der Waals surface area contributed by atoms with E-state index in [0.717, 1.165) is 5.56 Å². The first-order valence-corrected chi connectivity index (χ1v) is 12.2. The van der Waals surface area contributed by atoms with E-state index in [1.807, 2.05) is 30.3 Å². The topological polar surface area (TPSA) is 133 Å². The van der Waals surface area contributed by atoms with Crippen molar-refractivity contribution in [3.63, 3.8) is 0 Å². The fourth-order valence-electron chi connectivity index (χ4n) is 4.45. The maximum absolute atomic E-state index is 13.2. The van der Waals surface area contributed by atoms with Gasteiger partial charge in [0, 0.05) is 23.4 Å². The predicted octanol–water partition coefficient (Wildman–Crippen LogP) is 2.68. The van der Waals surface area contributed by atoms with Crippen LogP contribution in [0.5, 0.6) is 0 Å². The molecule has 1 aliphatic heterocycles. The molecule has 33 heavy (non-hydrogen) atoms. The molecule has 2 aromatic rings. The Morgan fingerprint density at radius 3 is 2.36 bits per heavy atom. The zero-order valence-corrected chi connectivity index (χ0v) is 19.0. The zero-order chi connectivity index (χ0) is 23.8. The van der Waals surface area contributed by atoms with E-state index >= 15 is 0 Å². The van der Waals surface area contributed by atoms with Gasteiger partial charge in [-0.3, -0.25) is 9.69 Å². The Labute approximate surface area is 192 Å². The second-order valence-electron chi connectivity index (χ2n) is 7.87. The summed E-state index contributed by atoms with van der Waals surface area (Å²) in [6.07, 6.45) is 1.60. The molecule has 2 aliphatic rings. The standard InChI is InChI=1S/C24H25N3O5S/c1-2-32-24(29)22-20(15-7-4-3-5-8-15)21-18(9-6-10-19(21)28)27(23(22)25)16-11-13-17(14-12-16)33(26,30)31/h3-5,7-8,11-14,20H,2,6,9-10,25H2,1H3,(H2,26,30,31)/t20-/m0/s1. The van der Waals surface area contributed by atoms with Crippen molar-refractivity contribution in [3.05, 3.63) is 82.8 Å². The molecule has 2 aromatic carbocycles. The van der Waals surface area contributed by atoms with Gasteiger partial charge >= 0.3 is 5.97 Å². The van der Waals surface area contributed by atoms with Gasteiger partial charge in [0.2, 0.25) is 10.0 Å². The lowest BCUT2D eigenvalue weighted by Crippen LogP contribution is -2.41. The first kappa shape index (κ1) is 22.8. The number of hydrogen-bond acceptors (Lipinski definition) is 7. The first-order chi connectivity index (χ1) is 15.7. The number of ether oxygens (including phenoxy) is 1. The molecule has 1 heterocycles. The molecule has 9 heteroatoms. The van der Waals surface area contributed by atoms with E-state index < -0.39 is 21.9 Å². The molecule has 1 aliphatic carbocycles. The van der Waals surface area contributed by atoms with E-state index in [0.29, 0.717) is 36.2 Å². The van der Waals surface area contributed by atoms with Crippen LogP contribution in [0.4, 0.5) is 5.69 Å². The minimum atomic E-state index is -3.87. The highest BCUT2D eigenvalue weighted by molar-refractivity contribution is 7.89. The van der Waals surface area contributed by atoms with Crippen molar-refractivity contribution in [2.75, 3.05) is 11.5 Å². The molecule has 0 spiro atoms. The Kier molecular flexibility index (Phi) is 6.09. The van der Waals surface area contributed by atoms with E-state index in [-0.39, 0.29) is 28.7 Å². The molecule has 0 unspecified atom stereocenters. The summed E-state index contributed by atoms with van der Waals surface area (Å²) in [4.78, 5) is 27.9. The van der Waals surface area contributed by atoms with E-state index in [2.05, 4.69) is 0 Å². The lowest BCUT2D eigenvalue weighted by Gasteiger charge is -2.40.